The van der Waals surface area contributed by atoms with Gasteiger partial charge in [-0.3, -0.25) is 4.79 Å². The average Bonchev–Trinajstić information content (AvgIpc) is 2.38. The molecule has 1 atom stereocenters. The summed E-state index contributed by atoms with van der Waals surface area (Å²) < 4.78 is 0. The Kier molecular flexibility index (Phi) is 3.97. The van der Waals surface area contributed by atoms with Crippen molar-refractivity contribution in [1.82, 2.24) is 0 Å². The van der Waals surface area contributed by atoms with Crippen molar-refractivity contribution in [2.45, 2.75) is 19.4 Å². The lowest BCUT2D eigenvalue weighted by Gasteiger charge is -2.12. The van der Waals surface area contributed by atoms with Crippen molar-refractivity contribution in [3.63, 3.8) is 0 Å². The number of aliphatic carboxylic acids is 1. The molecule has 0 amide bonds. The zero-order valence-corrected chi connectivity index (χ0v) is 10.8. The largest absolute Gasteiger partial charge is 0.481 e. The lowest BCUT2D eigenvalue weighted by Crippen LogP contribution is -2.14. The van der Waals surface area contributed by atoms with Crippen LogP contribution < -0.4 is 5.73 Å². The standard InChI is InChI=1S/C16H17NO2/c1-11-5-2-3-8-14(11)12-6-4-7-13(9-12)15(17)10-16(18)19/h2-9,15H,10,17H2,1H3,(H,18,19)/t15-/m0/s1. The molecule has 0 fully saturated rings. The Morgan fingerprint density at radius 1 is 1.21 bits per heavy atom. The summed E-state index contributed by atoms with van der Waals surface area (Å²) in [6.45, 7) is 2.05. The molecule has 2 aromatic rings. The quantitative estimate of drug-likeness (QED) is 0.882. The van der Waals surface area contributed by atoms with Crippen LogP contribution in [0.4, 0.5) is 0 Å². The highest BCUT2D eigenvalue weighted by atomic mass is 16.4. The summed E-state index contributed by atoms with van der Waals surface area (Å²) in [5.41, 5.74) is 10.1. The zero-order valence-electron chi connectivity index (χ0n) is 10.8. The first kappa shape index (κ1) is 13.3. The van der Waals surface area contributed by atoms with Gasteiger partial charge in [0.25, 0.3) is 0 Å². The number of aryl methyl sites for hydroxylation is 1. The highest BCUT2D eigenvalue weighted by Gasteiger charge is 2.11. The van der Waals surface area contributed by atoms with Crippen LogP contribution in [0.5, 0.6) is 0 Å². The molecule has 3 N–H and O–H groups in total. The minimum atomic E-state index is -0.881. The molecule has 19 heavy (non-hydrogen) atoms. The third-order valence-electron chi connectivity index (χ3n) is 3.17. The van der Waals surface area contributed by atoms with E-state index >= 15 is 0 Å². The molecule has 0 saturated heterocycles. The first-order chi connectivity index (χ1) is 9.08. The van der Waals surface area contributed by atoms with E-state index in [1.807, 2.05) is 36.4 Å². The van der Waals surface area contributed by atoms with E-state index in [4.69, 9.17) is 10.8 Å². The Balaban J connectivity index is 2.34. The predicted octanol–water partition coefficient (Wildman–Crippen LogP) is 3.14. The Morgan fingerprint density at radius 2 is 1.95 bits per heavy atom. The van der Waals surface area contributed by atoms with Crippen molar-refractivity contribution in [2.75, 3.05) is 0 Å². The van der Waals surface area contributed by atoms with E-state index in [0.29, 0.717) is 0 Å². The van der Waals surface area contributed by atoms with E-state index in [2.05, 4.69) is 19.1 Å². The topological polar surface area (TPSA) is 63.3 Å². The third-order valence-corrected chi connectivity index (χ3v) is 3.17. The van der Waals surface area contributed by atoms with Crippen LogP contribution in [0.1, 0.15) is 23.6 Å². The Morgan fingerprint density at radius 3 is 2.63 bits per heavy atom. The Labute approximate surface area is 112 Å². The van der Waals surface area contributed by atoms with Gasteiger partial charge >= 0.3 is 5.97 Å². The maximum absolute atomic E-state index is 10.7. The monoisotopic (exact) mass is 255 g/mol. The van der Waals surface area contributed by atoms with Gasteiger partial charge in [-0.25, -0.2) is 0 Å². The summed E-state index contributed by atoms with van der Waals surface area (Å²) >= 11 is 0. The van der Waals surface area contributed by atoms with Crippen LogP contribution >= 0.6 is 0 Å². The fourth-order valence-corrected chi connectivity index (χ4v) is 2.14. The predicted molar refractivity (Wildman–Crippen MR) is 75.8 cm³/mol. The van der Waals surface area contributed by atoms with E-state index in [1.54, 1.807) is 0 Å². The second kappa shape index (κ2) is 5.67. The molecule has 0 aliphatic carbocycles. The lowest BCUT2D eigenvalue weighted by molar-refractivity contribution is -0.137. The summed E-state index contributed by atoms with van der Waals surface area (Å²) in [5.74, 6) is -0.881. The van der Waals surface area contributed by atoms with Crippen LogP contribution in [0, 0.1) is 6.92 Å². The number of rotatable bonds is 4. The molecule has 0 saturated carbocycles. The van der Waals surface area contributed by atoms with Crippen LogP contribution in [0.2, 0.25) is 0 Å². The van der Waals surface area contributed by atoms with Crippen LogP contribution in [0.25, 0.3) is 11.1 Å². The highest BCUT2D eigenvalue weighted by Crippen LogP contribution is 2.26. The van der Waals surface area contributed by atoms with Crippen molar-refractivity contribution < 1.29 is 9.90 Å². The smallest absolute Gasteiger partial charge is 0.305 e. The molecule has 0 aliphatic heterocycles. The van der Waals surface area contributed by atoms with Gasteiger partial charge in [-0.1, -0.05) is 42.5 Å². The maximum Gasteiger partial charge on any atom is 0.305 e. The number of carbonyl (C=O) groups is 1. The fraction of sp³-hybridized carbons (Fsp3) is 0.188. The van der Waals surface area contributed by atoms with Gasteiger partial charge in [0.2, 0.25) is 0 Å². The van der Waals surface area contributed by atoms with Gasteiger partial charge < -0.3 is 10.8 Å². The molecule has 0 aromatic heterocycles. The second-order valence-electron chi connectivity index (χ2n) is 4.64. The van der Waals surface area contributed by atoms with Gasteiger partial charge in [-0.05, 0) is 35.2 Å². The summed E-state index contributed by atoms with van der Waals surface area (Å²) in [7, 11) is 0. The molecule has 0 radical (unpaired) electrons. The first-order valence-electron chi connectivity index (χ1n) is 6.21. The Hall–Kier alpha value is -2.13. The van der Waals surface area contributed by atoms with E-state index in [1.165, 1.54) is 5.56 Å². The molecule has 98 valence electrons. The normalized spacial score (nSPS) is 12.1. The molecule has 0 spiro atoms. The molecule has 2 aromatic carbocycles. The summed E-state index contributed by atoms with van der Waals surface area (Å²) in [4.78, 5) is 10.7. The van der Waals surface area contributed by atoms with Gasteiger partial charge in [0.05, 0.1) is 6.42 Å². The van der Waals surface area contributed by atoms with Crippen molar-refractivity contribution in [3.05, 3.63) is 59.7 Å². The average molecular weight is 255 g/mol. The van der Waals surface area contributed by atoms with Gasteiger partial charge in [-0.15, -0.1) is 0 Å². The highest BCUT2D eigenvalue weighted by molar-refractivity contribution is 5.70. The Bertz CT molecular complexity index is 593. The molecule has 0 heterocycles. The number of carboxylic acids is 1. The van der Waals surface area contributed by atoms with E-state index < -0.39 is 12.0 Å². The zero-order chi connectivity index (χ0) is 13.8. The molecule has 0 aliphatic rings. The molecular formula is C16H17NO2. The minimum Gasteiger partial charge on any atom is -0.481 e. The van der Waals surface area contributed by atoms with Crippen molar-refractivity contribution >= 4 is 5.97 Å². The molecule has 3 heteroatoms. The minimum absolute atomic E-state index is 0.0583. The molecule has 2 rings (SSSR count). The lowest BCUT2D eigenvalue weighted by atomic mass is 9.96. The first-order valence-corrected chi connectivity index (χ1v) is 6.21. The fourth-order valence-electron chi connectivity index (χ4n) is 2.14. The molecular weight excluding hydrogens is 238 g/mol. The van der Waals surface area contributed by atoms with Crippen molar-refractivity contribution in [3.8, 4) is 11.1 Å². The maximum atomic E-state index is 10.7. The van der Waals surface area contributed by atoms with Crippen molar-refractivity contribution in [2.24, 2.45) is 5.73 Å². The number of benzene rings is 2. The van der Waals surface area contributed by atoms with Crippen molar-refractivity contribution in [1.29, 1.82) is 0 Å². The number of carboxylic acid groups (broad SMARTS) is 1. The number of nitrogens with two attached hydrogens (primary N) is 1. The van der Waals surface area contributed by atoms with Gasteiger partial charge in [0, 0.05) is 6.04 Å². The SMILES string of the molecule is Cc1ccccc1-c1cccc([C@@H](N)CC(=O)O)c1. The number of hydrogen-bond acceptors (Lipinski definition) is 2. The van der Waals surface area contributed by atoms with E-state index in [0.717, 1.165) is 16.7 Å². The third kappa shape index (κ3) is 3.20. The summed E-state index contributed by atoms with van der Waals surface area (Å²) in [6, 6.07) is 15.4. The summed E-state index contributed by atoms with van der Waals surface area (Å²) in [5, 5.41) is 8.80. The summed E-state index contributed by atoms with van der Waals surface area (Å²) in [6.07, 6.45) is -0.0583. The molecule has 3 nitrogen and oxygen atoms in total. The molecule has 0 unspecified atom stereocenters. The number of hydrogen-bond donors (Lipinski definition) is 2. The van der Waals surface area contributed by atoms with Gasteiger partial charge in [-0.2, -0.15) is 0 Å². The van der Waals surface area contributed by atoms with E-state index in [9.17, 15) is 4.79 Å². The van der Waals surface area contributed by atoms with Crippen LogP contribution in [-0.4, -0.2) is 11.1 Å². The van der Waals surface area contributed by atoms with Gasteiger partial charge in [0.1, 0.15) is 0 Å². The van der Waals surface area contributed by atoms with Crippen LogP contribution in [-0.2, 0) is 4.79 Å². The van der Waals surface area contributed by atoms with E-state index in [-0.39, 0.29) is 6.42 Å². The van der Waals surface area contributed by atoms with Gasteiger partial charge in [0.15, 0.2) is 0 Å². The van der Waals surface area contributed by atoms with Crippen LogP contribution in [0.3, 0.4) is 0 Å². The second-order valence-corrected chi connectivity index (χ2v) is 4.64. The molecule has 0 bridgehead atoms. The van der Waals surface area contributed by atoms with Crippen LogP contribution in [0.15, 0.2) is 48.5 Å².